The highest BCUT2D eigenvalue weighted by Crippen LogP contribution is 2.21. The molecule has 1 saturated heterocycles. The predicted molar refractivity (Wildman–Crippen MR) is 97.0 cm³/mol. The molecule has 0 spiro atoms. The minimum absolute atomic E-state index is 0.0395. The average Bonchev–Trinajstić information content (AvgIpc) is 2.87. The van der Waals surface area contributed by atoms with Crippen molar-refractivity contribution in [3.05, 3.63) is 30.0 Å². The summed E-state index contributed by atoms with van der Waals surface area (Å²) in [7, 11) is 0. The summed E-state index contributed by atoms with van der Waals surface area (Å²) in [6.45, 7) is 2.15. The Morgan fingerprint density at radius 2 is 2.04 bits per heavy atom. The van der Waals surface area contributed by atoms with Crippen LogP contribution in [0.25, 0.3) is 11.0 Å². The molecule has 1 aromatic carbocycles. The predicted octanol–water partition coefficient (Wildman–Crippen LogP) is 1.68. The molecular weight excluding hydrogens is 350 g/mol. The summed E-state index contributed by atoms with van der Waals surface area (Å²) < 4.78 is 5.25. The Kier molecular flexibility index (Phi) is 5.73. The molecule has 3 rings (SSSR count). The van der Waals surface area contributed by atoms with E-state index in [1.54, 1.807) is 4.90 Å². The van der Waals surface area contributed by atoms with Gasteiger partial charge in [-0.15, -0.1) is 0 Å². The third kappa shape index (κ3) is 4.45. The van der Waals surface area contributed by atoms with E-state index in [0.717, 1.165) is 11.8 Å². The number of likely N-dealkylation sites (tertiary alicyclic amines) is 1. The first-order valence-corrected chi connectivity index (χ1v) is 9.05. The number of hydrogen-bond donors (Lipinski definition) is 1. The number of carbonyl (C=O) groups excluding carboxylic acids is 2. The minimum atomic E-state index is -1.03. The Labute approximate surface area is 156 Å². The van der Waals surface area contributed by atoms with Gasteiger partial charge in [-0.2, -0.15) is 0 Å². The molecule has 0 radical (unpaired) electrons. The normalized spacial score (nSPS) is 17.5. The fourth-order valence-electron chi connectivity index (χ4n) is 3.60. The fourth-order valence-corrected chi connectivity index (χ4v) is 3.60. The first-order valence-electron chi connectivity index (χ1n) is 9.05. The highest BCUT2D eigenvalue weighted by molar-refractivity contribution is 5.86. The smallest absolute Gasteiger partial charge is 0.323 e. The quantitative estimate of drug-likeness (QED) is 0.855. The lowest BCUT2D eigenvalue weighted by atomic mass is 10.1. The lowest BCUT2D eigenvalue weighted by molar-refractivity contribution is -0.145. The zero-order valence-corrected chi connectivity index (χ0v) is 15.3. The molecule has 1 atom stereocenters. The van der Waals surface area contributed by atoms with Gasteiger partial charge in [-0.05, 0) is 31.4 Å². The van der Waals surface area contributed by atoms with Gasteiger partial charge in [0.25, 0.3) is 0 Å². The van der Waals surface area contributed by atoms with Crippen molar-refractivity contribution in [3.8, 4) is 0 Å². The molecule has 1 fully saturated rings. The summed E-state index contributed by atoms with van der Waals surface area (Å²) in [6, 6.07) is 7.26. The van der Waals surface area contributed by atoms with Crippen LogP contribution in [0.5, 0.6) is 0 Å². The number of carbonyl (C=O) groups is 3. The summed E-state index contributed by atoms with van der Waals surface area (Å²) in [5.41, 5.74) is 1.27. The molecule has 8 nitrogen and oxygen atoms in total. The van der Waals surface area contributed by atoms with Gasteiger partial charge in [0.2, 0.25) is 11.8 Å². The molecule has 1 aliphatic rings. The zero-order chi connectivity index (χ0) is 19.4. The van der Waals surface area contributed by atoms with E-state index in [-0.39, 0.29) is 30.8 Å². The summed E-state index contributed by atoms with van der Waals surface area (Å²) >= 11 is 0. The number of fused-ring (bicyclic) bond motifs is 1. The van der Waals surface area contributed by atoms with Crippen LogP contribution in [-0.4, -0.2) is 63.5 Å². The van der Waals surface area contributed by atoms with Crippen LogP contribution in [-0.2, 0) is 20.8 Å². The zero-order valence-electron chi connectivity index (χ0n) is 15.3. The molecule has 0 aliphatic carbocycles. The molecule has 2 heterocycles. The molecule has 0 saturated carbocycles. The second kappa shape index (κ2) is 8.20. The van der Waals surface area contributed by atoms with Crippen molar-refractivity contribution < 1.29 is 24.0 Å². The third-order valence-corrected chi connectivity index (χ3v) is 4.97. The second-order valence-corrected chi connectivity index (χ2v) is 6.81. The molecule has 2 amide bonds. The van der Waals surface area contributed by atoms with E-state index in [9.17, 15) is 14.4 Å². The largest absolute Gasteiger partial charge is 0.480 e. The molecular formula is C19H23N3O5. The number of rotatable bonds is 5. The molecule has 144 valence electrons. The second-order valence-electron chi connectivity index (χ2n) is 6.81. The van der Waals surface area contributed by atoms with Crippen LogP contribution in [0.2, 0.25) is 0 Å². The van der Waals surface area contributed by atoms with Crippen LogP contribution in [0.4, 0.5) is 0 Å². The Balaban J connectivity index is 1.64. The third-order valence-electron chi connectivity index (χ3n) is 4.97. The Morgan fingerprint density at radius 3 is 2.78 bits per heavy atom. The molecule has 1 aromatic heterocycles. The molecule has 0 unspecified atom stereocenters. The van der Waals surface area contributed by atoms with Gasteiger partial charge in [0.05, 0.1) is 6.42 Å². The lowest BCUT2D eigenvalue weighted by Gasteiger charge is -2.28. The van der Waals surface area contributed by atoms with E-state index in [4.69, 9.17) is 9.63 Å². The van der Waals surface area contributed by atoms with Crippen LogP contribution in [0.3, 0.4) is 0 Å². The number of hydrogen-bond acceptors (Lipinski definition) is 5. The van der Waals surface area contributed by atoms with Gasteiger partial charge in [-0.1, -0.05) is 17.3 Å². The molecule has 1 aliphatic heterocycles. The van der Waals surface area contributed by atoms with Crippen molar-refractivity contribution >= 4 is 28.8 Å². The maximum atomic E-state index is 12.7. The van der Waals surface area contributed by atoms with Crippen molar-refractivity contribution in [1.82, 2.24) is 15.0 Å². The van der Waals surface area contributed by atoms with Gasteiger partial charge < -0.3 is 19.4 Å². The first kappa shape index (κ1) is 18.9. The number of aliphatic carboxylic acids is 1. The van der Waals surface area contributed by atoms with Gasteiger partial charge in [-0.3, -0.25) is 14.4 Å². The van der Waals surface area contributed by atoms with Crippen LogP contribution in [0.1, 0.15) is 31.9 Å². The number of carboxylic acid groups (broad SMARTS) is 1. The van der Waals surface area contributed by atoms with Crippen LogP contribution in [0.15, 0.2) is 28.8 Å². The lowest BCUT2D eigenvalue weighted by Crippen LogP contribution is -2.43. The van der Waals surface area contributed by atoms with E-state index in [0.29, 0.717) is 37.2 Å². The van der Waals surface area contributed by atoms with Crippen molar-refractivity contribution in [1.29, 1.82) is 0 Å². The monoisotopic (exact) mass is 373 g/mol. The maximum Gasteiger partial charge on any atom is 0.323 e. The maximum absolute atomic E-state index is 12.7. The van der Waals surface area contributed by atoms with Gasteiger partial charge in [0.15, 0.2) is 5.58 Å². The summed E-state index contributed by atoms with van der Waals surface area (Å²) in [5.74, 6) is -1.32. The van der Waals surface area contributed by atoms with Crippen LogP contribution in [0, 0.1) is 0 Å². The standard InChI is InChI=1S/C19H23N3O5/c1-13(23)22(12-19(25)26)14-5-4-9-21(10-8-14)18(24)11-16-15-6-2-3-7-17(15)27-20-16/h2-3,6-7,14H,4-5,8-12H2,1H3,(H,25,26)/t14-/m0/s1. The van der Waals surface area contributed by atoms with Crippen molar-refractivity contribution in [2.24, 2.45) is 0 Å². The van der Waals surface area contributed by atoms with Crippen molar-refractivity contribution in [2.75, 3.05) is 19.6 Å². The molecule has 1 N–H and O–H groups in total. The number of aromatic nitrogens is 1. The number of carboxylic acids is 1. The molecule has 0 bridgehead atoms. The van der Waals surface area contributed by atoms with Gasteiger partial charge in [-0.25, -0.2) is 0 Å². The van der Waals surface area contributed by atoms with Gasteiger partial charge in [0.1, 0.15) is 12.2 Å². The van der Waals surface area contributed by atoms with Crippen molar-refractivity contribution in [2.45, 2.75) is 38.6 Å². The first-order chi connectivity index (χ1) is 13.0. The van der Waals surface area contributed by atoms with E-state index >= 15 is 0 Å². The van der Waals surface area contributed by atoms with Gasteiger partial charge >= 0.3 is 5.97 Å². The molecule has 2 aromatic rings. The van der Waals surface area contributed by atoms with Gasteiger partial charge in [0, 0.05) is 31.4 Å². The van der Waals surface area contributed by atoms with E-state index in [2.05, 4.69) is 5.16 Å². The summed E-state index contributed by atoms with van der Waals surface area (Å²) in [5, 5.41) is 13.9. The topological polar surface area (TPSA) is 104 Å². The van der Waals surface area contributed by atoms with E-state index in [1.165, 1.54) is 11.8 Å². The average molecular weight is 373 g/mol. The number of para-hydroxylation sites is 1. The van der Waals surface area contributed by atoms with Crippen molar-refractivity contribution in [3.63, 3.8) is 0 Å². The number of nitrogens with zero attached hydrogens (tertiary/aromatic N) is 3. The fraction of sp³-hybridized carbons (Fsp3) is 0.474. The SMILES string of the molecule is CC(=O)N(CC(=O)O)[C@H]1CCCN(C(=O)Cc2noc3ccccc23)CC1. The molecule has 27 heavy (non-hydrogen) atoms. The molecule has 8 heteroatoms. The Bertz CT molecular complexity index is 847. The summed E-state index contributed by atoms with van der Waals surface area (Å²) in [4.78, 5) is 38.7. The van der Waals surface area contributed by atoms with E-state index < -0.39 is 5.97 Å². The summed E-state index contributed by atoms with van der Waals surface area (Å²) in [6.07, 6.45) is 2.13. The highest BCUT2D eigenvalue weighted by atomic mass is 16.5. The van der Waals surface area contributed by atoms with E-state index in [1.807, 2.05) is 24.3 Å². The Hall–Kier alpha value is -2.90. The Morgan fingerprint density at radius 1 is 1.26 bits per heavy atom. The minimum Gasteiger partial charge on any atom is -0.480 e. The van der Waals surface area contributed by atoms with Crippen LogP contribution < -0.4 is 0 Å². The number of amides is 2. The number of benzene rings is 1. The highest BCUT2D eigenvalue weighted by Gasteiger charge is 2.28. The van der Waals surface area contributed by atoms with Crippen LogP contribution >= 0.6 is 0 Å².